The number of fused-ring (bicyclic) bond motifs is 2. The van der Waals surface area contributed by atoms with Gasteiger partial charge in [0.2, 0.25) is 5.88 Å². The summed E-state index contributed by atoms with van der Waals surface area (Å²) in [6.45, 7) is 1.82. The van der Waals surface area contributed by atoms with E-state index in [2.05, 4.69) is 15.6 Å². The van der Waals surface area contributed by atoms with Crippen molar-refractivity contribution < 1.29 is 14.3 Å². The predicted molar refractivity (Wildman–Crippen MR) is 62.3 cm³/mol. The summed E-state index contributed by atoms with van der Waals surface area (Å²) in [5.74, 6) is -0.0662. The topological polar surface area (TPSA) is 80.3 Å². The fourth-order valence-electron chi connectivity index (χ4n) is 2.42. The van der Waals surface area contributed by atoms with Crippen molar-refractivity contribution in [1.82, 2.24) is 15.6 Å². The van der Waals surface area contributed by atoms with Gasteiger partial charge in [0, 0.05) is 12.6 Å². The van der Waals surface area contributed by atoms with Crippen LogP contribution in [-0.2, 0) is 10.3 Å². The van der Waals surface area contributed by atoms with Crippen molar-refractivity contribution in [3.8, 4) is 5.88 Å². The number of imide groups is 1. The van der Waals surface area contributed by atoms with E-state index >= 15 is 0 Å². The molecule has 94 valence electrons. The Kier molecular flexibility index (Phi) is 2.25. The van der Waals surface area contributed by atoms with Crippen LogP contribution < -0.4 is 15.4 Å². The molecule has 2 unspecified atom stereocenters. The number of nitrogens with zero attached hydrogens (tertiary/aromatic N) is 1. The molecular formula is C11H10ClN3O3. The van der Waals surface area contributed by atoms with Crippen LogP contribution in [0.1, 0.15) is 18.9 Å². The Morgan fingerprint density at radius 3 is 3.00 bits per heavy atom. The van der Waals surface area contributed by atoms with E-state index in [4.69, 9.17) is 16.3 Å². The largest absolute Gasteiger partial charge is 0.474 e. The van der Waals surface area contributed by atoms with Gasteiger partial charge in [-0.2, -0.15) is 0 Å². The fraction of sp³-hybridized carbons (Fsp3) is 0.364. The number of halogens is 1. The first-order valence-corrected chi connectivity index (χ1v) is 5.85. The lowest BCUT2D eigenvalue weighted by molar-refractivity contribution is -0.126. The van der Waals surface area contributed by atoms with Crippen LogP contribution in [0.2, 0.25) is 5.02 Å². The van der Waals surface area contributed by atoms with Crippen molar-refractivity contribution in [3.63, 3.8) is 0 Å². The lowest BCUT2D eigenvalue weighted by atomic mass is 9.83. The summed E-state index contributed by atoms with van der Waals surface area (Å²) >= 11 is 5.90. The zero-order chi connectivity index (χ0) is 12.9. The Balaban J connectivity index is 2.20. The number of urea groups is 1. The number of carbonyl (C=O) groups excluding carboxylic acids is 2. The number of hydrogen-bond donors (Lipinski definition) is 2. The Morgan fingerprint density at radius 1 is 1.56 bits per heavy atom. The molecule has 1 fully saturated rings. The van der Waals surface area contributed by atoms with Gasteiger partial charge in [-0.3, -0.25) is 10.1 Å². The molecule has 2 aliphatic heterocycles. The molecule has 0 saturated carbocycles. The maximum atomic E-state index is 12.1. The third-order valence-electron chi connectivity index (χ3n) is 3.13. The van der Waals surface area contributed by atoms with Gasteiger partial charge >= 0.3 is 6.03 Å². The molecule has 1 aromatic heterocycles. The molecule has 1 spiro atoms. The second-order valence-electron chi connectivity index (χ2n) is 4.45. The lowest BCUT2D eigenvalue weighted by Gasteiger charge is -2.35. The van der Waals surface area contributed by atoms with Gasteiger partial charge in [-0.05, 0) is 13.0 Å². The van der Waals surface area contributed by atoms with Crippen LogP contribution in [0.4, 0.5) is 4.79 Å². The van der Waals surface area contributed by atoms with E-state index in [1.165, 1.54) is 6.20 Å². The van der Waals surface area contributed by atoms with Gasteiger partial charge in [0.05, 0.1) is 10.6 Å². The van der Waals surface area contributed by atoms with Crippen molar-refractivity contribution in [2.45, 2.75) is 25.0 Å². The number of hydrogen-bond acceptors (Lipinski definition) is 4. The van der Waals surface area contributed by atoms with Gasteiger partial charge < -0.3 is 10.1 Å². The van der Waals surface area contributed by atoms with E-state index in [9.17, 15) is 9.59 Å². The van der Waals surface area contributed by atoms with E-state index in [0.717, 1.165) is 0 Å². The fourth-order valence-corrected chi connectivity index (χ4v) is 2.58. The highest BCUT2D eigenvalue weighted by molar-refractivity contribution is 6.30. The molecule has 1 aromatic rings. The Morgan fingerprint density at radius 2 is 2.33 bits per heavy atom. The van der Waals surface area contributed by atoms with Crippen LogP contribution in [0.3, 0.4) is 0 Å². The van der Waals surface area contributed by atoms with Gasteiger partial charge in [-0.1, -0.05) is 11.6 Å². The standard InChI is InChI=1S/C11H10ClN3O3/c1-5-3-11(9(16)14-10(17)15-11)7-2-6(12)4-13-8(7)18-5/h2,4-5H,3H2,1H3,(H2,14,15,16,17). The third-order valence-corrected chi connectivity index (χ3v) is 3.33. The first kappa shape index (κ1) is 11.3. The summed E-state index contributed by atoms with van der Waals surface area (Å²) in [6.07, 6.45) is 1.57. The van der Waals surface area contributed by atoms with Gasteiger partial charge in [-0.15, -0.1) is 0 Å². The van der Waals surface area contributed by atoms with Gasteiger partial charge in [0.25, 0.3) is 5.91 Å². The number of carbonyl (C=O) groups is 2. The van der Waals surface area contributed by atoms with Crippen molar-refractivity contribution in [1.29, 1.82) is 0 Å². The average molecular weight is 268 g/mol. The van der Waals surface area contributed by atoms with Gasteiger partial charge in [-0.25, -0.2) is 9.78 Å². The van der Waals surface area contributed by atoms with Crippen LogP contribution in [0, 0.1) is 0 Å². The van der Waals surface area contributed by atoms with Crippen molar-refractivity contribution in [2.24, 2.45) is 0 Å². The minimum atomic E-state index is -1.12. The Labute approximate surface area is 108 Å². The summed E-state index contributed by atoms with van der Waals surface area (Å²) < 4.78 is 5.56. The Bertz CT molecular complexity index is 562. The lowest BCUT2D eigenvalue weighted by Crippen LogP contribution is -2.49. The molecule has 2 aliphatic rings. The van der Waals surface area contributed by atoms with Crippen LogP contribution in [0.5, 0.6) is 5.88 Å². The zero-order valence-electron chi connectivity index (χ0n) is 9.49. The third kappa shape index (κ3) is 1.45. The quantitative estimate of drug-likeness (QED) is 0.686. The van der Waals surface area contributed by atoms with E-state index in [1.807, 2.05) is 6.92 Å². The van der Waals surface area contributed by atoms with E-state index < -0.39 is 17.5 Å². The number of ether oxygens (including phenoxy) is 1. The molecule has 3 rings (SSSR count). The molecular weight excluding hydrogens is 258 g/mol. The smallest absolute Gasteiger partial charge is 0.322 e. The van der Waals surface area contributed by atoms with Crippen molar-refractivity contribution >= 4 is 23.5 Å². The molecule has 3 amide bonds. The number of amides is 3. The monoisotopic (exact) mass is 267 g/mol. The number of aromatic nitrogens is 1. The summed E-state index contributed by atoms with van der Waals surface area (Å²) in [5.41, 5.74) is -0.626. The summed E-state index contributed by atoms with van der Waals surface area (Å²) in [6, 6.07) is 1.08. The highest BCUT2D eigenvalue weighted by Gasteiger charge is 2.53. The first-order chi connectivity index (χ1) is 8.51. The highest BCUT2D eigenvalue weighted by atomic mass is 35.5. The van der Waals surface area contributed by atoms with E-state index in [1.54, 1.807) is 6.07 Å². The maximum Gasteiger partial charge on any atom is 0.322 e. The molecule has 6 nitrogen and oxygen atoms in total. The maximum absolute atomic E-state index is 12.1. The average Bonchev–Trinajstić information content (AvgIpc) is 2.55. The summed E-state index contributed by atoms with van der Waals surface area (Å²) in [4.78, 5) is 27.5. The van der Waals surface area contributed by atoms with Gasteiger partial charge in [0.1, 0.15) is 6.10 Å². The summed E-state index contributed by atoms with van der Waals surface area (Å²) in [5, 5.41) is 5.29. The molecule has 0 bridgehead atoms. The molecule has 1 saturated heterocycles. The van der Waals surface area contributed by atoms with Crippen LogP contribution in [-0.4, -0.2) is 23.0 Å². The normalized spacial score (nSPS) is 29.6. The van der Waals surface area contributed by atoms with Gasteiger partial charge in [0.15, 0.2) is 5.54 Å². The van der Waals surface area contributed by atoms with Crippen molar-refractivity contribution in [2.75, 3.05) is 0 Å². The number of pyridine rings is 1. The van der Waals surface area contributed by atoms with Crippen LogP contribution in [0.15, 0.2) is 12.3 Å². The second kappa shape index (κ2) is 3.58. The molecule has 0 aromatic carbocycles. The predicted octanol–water partition coefficient (Wildman–Crippen LogP) is 0.941. The zero-order valence-corrected chi connectivity index (χ0v) is 10.2. The Hall–Kier alpha value is -1.82. The first-order valence-electron chi connectivity index (χ1n) is 5.47. The molecule has 3 heterocycles. The summed E-state index contributed by atoms with van der Waals surface area (Å²) in [7, 11) is 0. The second-order valence-corrected chi connectivity index (χ2v) is 4.89. The molecule has 0 aliphatic carbocycles. The van der Waals surface area contributed by atoms with Crippen molar-refractivity contribution in [3.05, 3.63) is 22.8 Å². The van der Waals surface area contributed by atoms with Crippen LogP contribution in [0.25, 0.3) is 0 Å². The minimum Gasteiger partial charge on any atom is -0.474 e. The van der Waals surface area contributed by atoms with E-state index in [-0.39, 0.29) is 6.10 Å². The minimum absolute atomic E-state index is 0.227. The van der Waals surface area contributed by atoms with Crippen LogP contribution >= 0.6 is 11.6 Å². The number of rotatable bonds is 0. The number of nitrogens with one attached hydrogen (secondary N) is 2. The highest BCUT2D eigenvalue weighted by Crippen LogP contribution is 2.40. The molecule has 2 N–H and O–H groups in total. The SMILES string of the molecule is CC1CC2(NC(=O)NC2=O)c2cc(Cl)cnc2O1. The van der Waals surface area contributed by atoms with E-state index in [0.29, 0.717) is 22.9 Å². The molecule has 18 heavy (non-hydrogen) atoms. The molecule has 0 radical (unpaired) electrons. The molecule has 7 heteroatoms. The molecule has 2 atom stereocenters.